The summed E-state index contributed by atoms with van der Waals surface area (Å²) in [4.78, 5) is 13.4. The van der Waals surface area contributed by atoms with Crippen LogP contribution < -0.4 is 0 Å². The molecule has 0 N–H and O–H groups in total. The summed E-state index contributed by atoms with van der Waals surface area (Å²) < 4.78 is 34.5. The predicted molar refractivity (Wildman–Crippen MR) is 81.5 cm³/mol. The molecule has 0 aliphatic carbocycles. The summed E-state index contributed by atoms with van der Waals surface area (Å²) >= 11 is 5.59. The van der Waals surface area contributed by atoms with E-state index in [1.54, 1.807) is 20.8 Å². The highest BCUT2D eigenvalue weighted by Crippen LogP contribution is 2.39. The lowest BCUT2D eigenvalue weighted by atomic mass is 9.90. The highest BCUT2D eigenvalue weighted by atomic mass is 35.5. The Hall–Kier alpha value is -1.50. The van der Waals surface area contributed by atoms with Gasteiger partial charge in [-0.05, 0) is 45.7 Å². The average molecular weight is 348 g/mol. The Labute approximate surface area is 139 Å². The number of rotatable bonds is 2. The number of hydrogen-bond donors (Lipinski definition) is 0. The molecule has 1 aromatic heterocycles. The van der Waals surface area contributed by atoms with Gasteiger partial charge in [0.15, 0.2) is 5.15 Å². The number of ether oxygens (including phenoxy) is 1. The van der Waals surface area contributed by atoms with Crippen LogP contribution in [0.25, 0.3) is 0 Å². The minimum Gasteiger partial charge on any atom is -0.444 e. The van der Waals surface area contributed by atoms with Gasteiger partial charge in [-0.3, -0.25) is 0 Å². The van der Waals surface area contributed by atoms with Gasteiger partial charge in [-0.1, -0.05) is 11.6 Å². The van der Waals surface area contributed by atoms with Crippen molar-refractivity contribution in [2.75, 3.05) is 13.1 Å². The van der Waals surface area contributed by atoms with E-state index in [0.717, 1.165) is 0 Å². The van der Waals surface area contributed by atoms with Crippen LogP contribution in [0.5, 0.6) is 0 Å². The molecule has 2 rings (SSSR count). The highest BCUT2D eigenvalue weighted by molar-refractivity contribution is 6.29. The number of amides is 1. The second-order valence-electron chi connectivity index (χ2n) is 6.63. The largest absolute Gasteiger partial charge is 0.444 e. The van der Waals surface area contributed by atoms with Gasteiger partial charge >= 0.3 is 6.09 Å². The van der Waals surface area contributed by atoms with Gasteiger partial charge < -0.3 is 9.64 Å². The minimum absolute atomic E-state index is 0.0589. The molecule has 0 aromatic carbocycles. The topological polar surface area (TPSA) is 55.3 Å². The summed E-state index contributed by atoms with van der Waals surface area (Å²) in [5, 5.41) is 7.02. The molecule has 1 fully saturated rings. The van der Waals surface area contributed by atoms with E-state index in [0.29, 0.717) is 19.4 Å². The summed E-state index contributed by atoms with van der Waals surface area (Å²) in [6.07, 6.45) is 0.220. The van der Waals surface area contributed by atoms with Crippen LogP contribution in [0.4, 0.5) is 13.6 Å². The number of likely N-dealkylation sites (tertiary alicyclic amines) is 1. The van der Waals surface area contributed by atoms with Gasteiger partial charge in [0, 0.05) is 19.0 Å². The van der Waals surface area contributed by atoms with E-state index in [4.69, 9.17) is 16.3 Å². The van der Waals surface area contributed by atoms with Crippen molar-refractivity contribution < 1.29 is 18.3 Å². The Morgan fingerprint density at radius 2 is 2.04 bits per heavy atom. The smallest absolute Gasteiger partial charge is 0.410 e. The summed E-state index contributed by atoms with van der Waals surface area (Å²) in [6.45, 7) is 5.55. The molecule has 1 aliphatic heterocycles. The lowest BCUT2D eigenvalue weighted by molar-refractivity contribution is -0.0930. The van der Waals surface area contributed by atoms with Crippen molar-refractivity contribution >= 4 is 17.7 Å². The number of carbonyl (C=O) groups excluding carboxylic acids is 1. The molecule has 8 heteroatoms. The second-order valence-corrected chi connectivity index (χ2v) is 7.02. The van der Waals surface area contributed by atoms with Gasteiger partial charge in [0.25, 0.3) is 5.92 Å². The maximum absolute atomic E-state index is 14.6. The molecule has 5 nitrogen and oxygen atoms in total. The molecule has 0 radical (unpaired) electrons. The molecule has 1 aliphatic rings. The van der Waals surface area contributed by atoms with E-state index in [1.165, 1.54) is 17.0 Å². The predicted octanol–water partition coefficient (Wildman–Crippen LogP) is 3.87. The maximum atomic E-state index is 14.6. The van der Waals surface area contributed by atoms with Gasteiger partial charge in [-0.25, -0.2) is 4.79 Å². The van der Waals surface area contributed by atoms with E-state index in [9.17, 15) is 13.6 Å². The van der Waals surface area contributed by atoms with E-state index in [1.807, 2.05) is 0 Å². The van der Waals surface area contributed by atoms with Crippen molar-refractivity contribution in [2.24, 2.45) is 5.92 Å². The molecule has 1 unspecified atom stereocenters. The quantitative estimate of drug-likeness (QED) is 0.815. The molecule has 1 amide bonds. The van der Waals surface area contributed by atoms with E-state index < -0.39 is 29.2 Å². The minimum atomic E-state index is -3.18. The summed E-state index contributed by atoms with van der Waals surface area (Å²) in [5.41, 5.74) is -1.09. The first kappa shape index (κ1) is 17.8. The monoisotopic (exact) mass is 347 g/mol. The van der Waals surface area contributed by atoms with Crippen LogP contribution >= 0.6 is 11.6 Å². The van der Waals surface area contributed by atoms with Gasteiger partial charge in [-0.2, -0.15) is 8.78 Å². The van der Waals surface area contributed by atoms with E-state index in [-0.39, 0.29) is 11.7 Å². The first-order valence-electron chi connectivity index (χ1n) is 7.45. The van der Waals surface area contributed by atoms with Crippen LogP contribution in [0.1, 0.15) is 39.3 Å². The summed E-state index contributed by atoms with van der Waals surface area (Å²) in [7, 11) is 0. The number of halogens is 3. The first-order chi connectivity index (χ1) is 10.6. The van der Waals surface area contributed by atoms with Crippen molar-refractivity contribution in [3.8, 4) is 0 Å². The van der Waals surface area contributed by atoms with Crippen molar-refractivity contribution in [3.05, 3.63) is 23.0 Å². The summed E-state index contributed by atoms with van der Waals surface area (Å²) in [6, 6.07) is 2.45. The van der Waals surface area contributed by atoms with Crippen molar-refractivity contribution in [2.45, 2.75) is 45.1 Å². The average Bonchev–Trinajstić information content (AvgIpc) is 2.46. The Morgan fingerprint density at radius 3 is 2.61 bits per heavy atom. The fraction of sp³-hybridized carbons (Fsp3) is 0.667. The molecule has 0 spiro atoms. The zero-order valence-electron chi connectivity index (χ0n) is 13.4. The van der Waals surface area contributed by atoms with Crippen LogP contribution in [0.3, 0.4) is 0 Å². The Kier molecular flexibility index (Phi) is 5.08. The van der Waals surface area contributed by atoms with Gasteiger partial charge in [0.1, 0.15) is 11.3 Å². The molecule has 0 bridgehead atoms. The van der Waals surface area contributed by atoms with Crippen LogP contribution in [-0.4, -0.2) is 39.9 Å². The number of carbonyl (C=O) groups is 1. The third-order valence-electron chi connectivity index (χ3n) is 3.56. The van der Waals surface area contributed by atoms with Crippen molar-refractivity contribution in [1.82, 2.24) is 15.1 Å². The number of hydrogen-bond acceptors (Lipinski definition) is 4. The van der Waals surface area contributed by atoms with Gasteiger partial charge in [-0.15, -0.1) is 10.2 Å². The molecule has 1 aromatic rings. The third kappa shape index (κ3) is 4.50. The Balaban J connectivity index is 2.10. The molecule has 128 valence electrons. The molecule has 1 saturated heterocycles. The molecular weight excluding hydrogens is 328 g/mol. The van der Waals surface area contributed by atoms with E-state index in [2.05, 4.69) is 10.2 Å². The number of nitrogens with zero attached hydrogens (tertiary/aromatic N) is 3. The zero-order chi connectivity index (χ0) is 17.3. The fourth-order valence-electron chi connectivity index (χ4n) is 2.47. The second kappa shape index (κ2) is 6.55. The lowest BCUT2D eigenvalue weighted by Crippen LogP contribution is -2.46. The number of piperidine rings is 1. The zero-order valence-corrected chi connectivity index (χ0v) is 14.1. The van der Waals surface area contributed by atoms with Crippen LogP contribution in [-0.2, 0) is 10.7 Å². The highest BCUT2D eigenvalue weighted by Gasteiger charge is 2.46. The molecular formula is C15H20ClF2N3O2. The number of alkyl halides is 2. The fourth-order valence-corrected chi connectivity index (χ4v) is 2.57. The van der Waals surface area contributed by atoms with Crippen LogP contribution in [0, 0.1) is 5.92 Å². The normalized spacial score (nSPS) is 19.6. The maximum Gasteiger partial charge on any atom is 0.410 e. The lowest BCUT2D eigenvalue weighted by Gasteiger charge is -2.36. The van der Waals surface area contributed by atoms with Crippen LogP contribution in [0.2, 0.25) is 5.15 Å². The SMILES string of the molecule is CC(C)(C)OC(=O)N1CCCC(C(F)(F)c2ccc(Cl)nn2)C1. The Bertz CT molecular complexity index is 561. The van der Waals surface area contributed by atoms with Gasteiger partial charge in [0.2, 0.25) is 0 Å². The first-order valence-corrected chi connectivity index (χ1v) is 7.83. The van der Waals surface area contributed by atoms with Crippen LogP contribution in [0.15, 0.2) is 12.1 Å². The molecule has 0 saturated carbocycles. The third-order valence-corrected chi connectivity index (χ3v) is 3.76. The molecule has 23 heavy (non-hydrogen) atoms. The standard InChI is InChI=1S/C15H20ClF2N3O2/c1-14(2,3)23-13(22)21-8-4-5-10(9-21)15(17,18)11-6-7-12(16)20-19-11/h6-7,10H,4-5,8-9H2,1-3H3. The Morgan fingerprint density at radius 1 is 1.35 bits per heavy atom. The number of aromatic nitrogens is 2. The van der Waals surface area contributed by atoms with E-state index >= 15 is 0 Å². The van der Waals surface area contributed by atoms with Crippen molar-refractivity contribution in [1.29, 1.82) is 0 Å². The van der Waals surface area contributed by atoms with Gasteiger partial charge in [0.05, 0.1) is 0 Å². The molecule has 1 atom stereocenters. The molecule has 2 heterocycles. The summed E-state index contributed by atoms with van der Waals surface area (Å²) in [5.74, 6) is -4.21. The van der Waals surface area contributed by atoms with Crippen molar-refractivity contribution in [3.63, 3.8) is 0 Å².